The van der Waals surface area contributed by atoms with E-state index in [0.29, 0.717) is 0 Å². The Bertz CT molecular complexity index is 680. The Hall–Kier alpha value is -2.96. The van der Waals surface area contributed by atoms with Crippen molar-refractivity contribution in [3.05, 3.63) is 42.0 Å². The van der Waals surface area contributed by atoms with Crippen molar-refractivity contribution in [2.75, 3.05) is 6.54 Å². The first kappa shape index (κ1) is 17.4. The van der Waals surface area contributed by atoms with Gasteiger partial charge in [0.15, 0.2) is 0 Å². The number of hydrazone groups is 1. The Morgan fingerprint density at radius 3 is 2.62 bits per heavy atom. The zero-order valence-electron chi connectivity index (χ0n) is 13.7. The number of carbonyl (C=O) groups is 3. The van der Waals surface area contributed by atoms with Crippen molar-refractivity contribution in [3.63, 3.8) is 0 Å². The van der Waals surface area contributed by atoms with Crippen molar-refractivity contribution in [3.8, 4) is 0 Å². The van der Waals surface area contributed by atoms with E-state index in [1.54, 1.807) is 19.9 Å². The van der Waals surface area contributed by atoms with Gasteiger partial charge in [-0.2, -0.15) is 5.10 Å². The highest BCUT2D eigenvalue weighted by atomic mass is 16.2. The highest BCUT2D eigenvalue weighted by molar-refractivity contribution is 6.06. The summed E-state index contributed by atoms with van der Waals surface area (Å²) in [6.07, 6.45) is 5.01. The normalized spacial score (nSPS) is 16.8. The topological polar surface area (TPSA) is 90.9 Å². The van der Waals surface area contributed by atoms with Crippen molar-refractivity contribution < 1.29 is 14.4 Å². The lowest BCUT2D eigenvalue weighted by Gasteiger charge is -2.15. The molecule has 0 unspecified atom stereocenters. The predicted molar refractivity (Wildman–Crippen MR) is 91.1 cm³/mol. The van der Waals surface area contributed by atoms with Crippen molar-refractivity contribution in [2.24, 2.45) is 5.10 Å². The van der Waals surface area contributed by atoms with Crippen molar-refractivity contribution in [2.45, 2.75) is 25.8 Å². The Kier molecular flexibility index (Phi) is 5.47. The fourth-order valence-corrected chi connectivity index (χ4v) is 2.16. The average molecular weight is 328 g/mol. The number of carbonyl (C=O) groups excluding carboxylic acids is 3. The second-order valence-corrected chi connectivity index (χ2v) is 5.84. The van der Waals surface area contributed by atoms with Gasteiger partial charge >= 0.3 is 6.03 Å². The van der Waals surface area contributed by atoms with Gasteiger partial charge in [-0.05, 0) is 25.5 Å². The van der Waals surface area contributed by atoms with Gasteiger partial charge in [0.05, 0.1) is 0 Å². The zero-order chi connectivity index (χ0) is 17.6. The van der Waals surface area contributed by atoms with E-state index in [1.807, 2.05) is 36.4 Å². The standard InChI is InChI=1S/C17H20N4O3/c1-17(2)15(23)21(16(24)19-17)12-10-14(22)20-18-11-6-9-13-7-4-3-5-8-13/h3-9,11H,10,12H2,1-2H3,(H,19,24)(H,20,22)/b9-6+,18-11-. The largest absolute Gasteiger partial charge is 0.325 e. The van der Waals surface area contributed by atoms with Crippen LogP contribution in [0.1, 0.15) is 25.8 Å². The molecule has 2 N–H and O–H groups in total. The van der Waals surface area contributed by atoms with Gasteiger partial charge in [0.25, 0.3) is 5.91 Å². The van der Waals surface area contributed by atoms with E-state index in [-0.39, 0.29) is 24.8 Å². The van der Waals surface area contributed by atoms with Crippen LogP contribution in [0.25, 0.3) is 6.08 Å². The number of amides is 4. The summed E-state index contributed by atoms with van der Waals surface area (Å²) in [5.74, 6) is -0.709. The molecule has 0 aliphatic carbocycles. The first-order valence-electron chi connectivity index (χ1n) is 7.58. The molecule has 1 fully saturated rings. The molecule has 2 rings (SSSR count). The number of imide groups is 1. The van der Waals surface area contributed by atoms with E-state index < -0.39 is 11.6 Å². The number of hydrogen-bond acceptors (Lipinski definition) is 4. The van der Waals surface area contributed by atoms with Gasteiger partial charge in [-0.15, -0.1) is 0 Å². The van der Waals surface area contributed by atoms with Crippen molar-refractivity contribution >= 4 is 30.1 Å². The Morgan fingerprint density at radius 1 is 1.29 bits per heavy atom. The number of benzene rings is 1. The summed E-state index contributed by atoms with van der Waals surface area (Å²) in [6.45, 7) is 3.27. The Balaban J connectivity index is 1.74. The third-order valence-corrected chi connectivity index (χ3v) is 3.44. The molecular weight excluding hydrogens is 308 g/mol. The number of nitrogens with one attached hydrogen (secondary N) is 2. The molecule has 1 aliphatic heterocycles. The third-order valence-electron chi connectivity index (χ3n) is 3.44. The highest BCUT2D eigenvalue weighted by Gasteiger charge is 2.43. The maximum absolute atomic E-state index is 12.0. The molecule has 1 aliphatic rings. The Morgan fingerprint density at radius 2 is 2.00 bits per heavy atom. The quantitative estimate of drug-likeness (QED) is 0.471. The molecule has 7 heteroatoms. The second-order valence-electron chi connectivity index (χ2n) is 5.84. The van der Waals surface area contributed by atoms with E-state index in [9.17, 15) is 14.4 Å². The van der Waals surface area contributed by atoms with Crippen LogP contribution >= 0.6 is 0 Å². The molecule has 4 amide bonds. The molecule has 0 saturated carbocycles. The average Bonchev–Trinajstić information content (AvgIpc) is 2.74. The summed E-state index contributed by atoms with van der Waals surface area (Å²) in [4.78, 5) is 36.4. The molecule has 7 nitrogen and oxygen atoms in total. The van der Waals surface area contributed by atoms with E-state index in [0.717, 1.165) is 10.5 Å². The predicted octanol–water partition coefficient (Wildman–Crippen LogP) is 1.52. The summed E-state index contributed by atoms with van der Waals surface area (Å²) >= 11 is 0. The maximum atomic E-state index is 12.0. The minimum Gasteiger partial charge on any atom is -0.324 e. The van der Waals surface area contributed by atoms with E-state index >= 15 is 0 Å². The van der Waals surface area contributed by atoms with Crippen LogP contribution in [0.5, 0.6) is 0 Å². The molecule has 0 radical (unpaired) electrons. The van der Waals surface area contributed by atoms with Crippen molar-refractivity contribution in [1.29, 1.82) is 0 Å². The van der Waals surface area contributed by atoms with E-state index in [1.165, 1.54) is 6.21 Å². The number of urea groups is 1. The molecule has 0 bridgehead atoms. The van der Waals surface area contributed by atoms with Gasteiger partial charge in [0, 0.05) is 19.2 Å². The molecule has 1 aromatic rings. The number of rotatable bonds is 6. The molecule has 1 aromatic carbocycles. The SMILES string of the molecule is CC1(C)NC(=O)N(CCC(=O)N/N=C\C=C\c2ccccc2)C1=O. The molecule has 0 spiro atoms. The van der Waals surface area contributed by atoms with E-state index in [2.05, 4.69) is 15.8 Å². The smallest absolute Gasteiger partial charge is 0.324 e. The van der Waals surface area contributed by atoms with Gasteiger partial charge in [0.1, 0.15) is 5.54 Å². The van der Waals surface area contributed by atoms with Crippen LogP contribution in [0, 0.1) is 0 Å². The first-order chi connectivity index (χ1) is 11.4. The minimum atomic E-state index is -0.923. The molecular formula is C17H20N4O3. The number of nitrogens with zero attached hydrogens (tertiary/aromatic N) is 2. The van der Waals surface area contributed by atoms with Gasteiger partial charge < -0.3 is 5.32 Å². The Labute approximate surface area is 140 Å². The van der Waals surface area contributed by atoms with Crippen LogP contribution < -0.4 is 10.7 Å². The van der Waals surface area contributed by atoms with E-state index in [4.69, 9.17) is 0 Å². The summed E-state index contributed by atoms with van der Waals surface area (Å²) in [6, 6.07) is 9.20. The van der Waals surface area contributed by atoms with Gasteiger partial charge in [-0.1, -0.05) is 36.4 Å². The summed E-state index contributed by atoms with van der Waals surface area (Å²) < 4.78 is 0. The fraction of sp³-hybridized carbons (Fsp3) is 0.294. The number of allylic oxidation sites excluding steroid dienone is 1. The van der Waals surface area contributed by atoms with Gasteiger partial charge in [-0.25, -0.2) is 10.2 Å². The minimum absolute atomic E-state index is 0.00498. The van der Waals surface area contributed by atoms with Crippen LogP contribution in [0.4, 0.5) is 4.79 Å². The molecule has 126 valence electrons. The van der Waals surface area contributed by atoms with Crippen LogP contribution in [-0.2, 0) is 9.59 Å². The van der Waals surface area contributed by atoms with Gasteiger partial charge in [0.2, 0.25) is 5.91 Å². The van der Waals surface area contributed by atoms with Crippen LogP contribution in [0.3, 0.4) is 0 Å². The lowest BCUT2D eigenvalue weighted by molar-refractivity contribution is -0.130. The van der Waals surface area contributed by atoms with Crippen LogP contribution in [-0.4, -0.2) is 41.0 Å². The summed E-state index contributed by atoms with van der Waals surface area (Å²) in [5.41, 5.74) is 2.45. The highest BCUT2D eigenvalue weighted by Crippen LogP contribution is 2.16. The maximum Gasteiger partial charge on any atom is 0.325 e. The monoisotopic (exact) mass is 328 g/mol. The molecule has 24 heavy (non-hydrogen) atoms. The molecule has 1 saturated heterocycles. The lowest BCUT2D eigenvalue weighted by Crippen LogP contribution is -2.40. The lowest BCUT2D eigenvalue weighted by atomic mass is 10.1. The third kappa shape index (κ3) is 4.52. The summed E-state index contributed by atoms with van der Waals surface area (Å²) in [5, 5.41) is 6.34. The molecule has 0 atom stereocenters. The molecule has 1 heterocycles. The van der Waals surface area contributed by atoms with Crippen LogP contribution in [0.2, 0.25) is 0 Å². The zero-order valence-corrected chi connectivity index (χ0v) is 13.7. The first-order valence-corrected chi connectivity index (χ1v) is 7.58. The number of hydrogen-bond donors (Lipinski definition) is 2. The molecule has 0 aromatic heterocycles. The van der Waals surface area contributed by atoms with Crippen molar-refractivity contribution in [1.82, 2.24) is 15.6 Å². The summed E-state index contributed by atoms with van der Waals surface area (Å²) in [7, 11) is 0. The van der Waals surface area contributed by atoms with Crippen LogP contribution in [0.15, 0.2) is 41.5 Å². The second kappa shape index (κ2) is 7.54. The fourth-order valence-electron chi connectivity index (χ4n) is 2.16. The van der Waals surface area contributed by atoms with Gasteiger partial charge in [-0.3, -0.25) is 14.5 Å².